The van der Waals surface area contributed by atoms with E-state index in [1.54, 1.807) is 16.7 Å². The average molecular weight is 370 g/mol. The Bertz CT molecular complexity index is 793. The van der Waals surface area contributed by atoms with Gasteiger partial charge in [-0.15, -0.1) is 6.58 Å². The van der Waals surface area contributed by atoms with Crippen molar-refractivity contribution < 1.29 is 14.3 Å². The zero-order valence-electron chi connectivity index (χ0n) is 17.2. The standard InChI is InChI=1S/C22H30N2O3/c1-8-21(6,7)22-13-14-23(19(26)27-20(3,4)5)18(22)24(15(2)25)17-12-10-9-11-16(17)22/h8-12,18H,1,13-14H2,2-7H3/t18-,22-/m1/s1. The fourth-order valence-electron chi connectivity index (χ4n) is 4.68. The molecule has 27 heavy (non-hydrogen) atoms. The molecule has 0 aromatic heterocycles. The minimum absolute atomic E-state index is 0.0790. The third-order valence-corrected chi connectivity index (χ3v) is 6.00. The van der Waals surface area contributed by atoms with Gasteiger partial charge in [0.2, 0.25) is 5.91 Å². The number of allylic oxidation sites excluding steroid dienone is 1. The summed E-state index contributed by atoms with van der Waals surface area (Å²) < 4.78 is 5.67. The average Bonchev–Trinajstić information content (AvgIpc) is 3.07. The molecule has 1 aromatic carbocycles. The molecule has 0 radical (unpaired) electrons. The minimum atomic E-state index is -0.594. The lowest BCUT2D eigenvalue weighted by Gasteiger charge is -2.45. The molecule has 2 heterocycles. The van der Waals surface area contributed by atoms with Crippen LogP contribution in [0.1, 0.15) is 53.5 Å². The first kappa shape index (κ1) is 19.5. The number of hydrogen-bond acceptors (Lipinski definition) is 3. The number of nitrogens with zero attached hydrogens (tertiary/aromatic N) is 2. The SMILES string of the molecule is C=CC(C)(C)[C@@]12CCN(C(=O)OC(C)(C)C)[C@@H]1N(C(C)=O)c1ccccc12. The van der Waals surface area contributed by atoms with Crippen molar-refractivity contribution in [3.63, 3.8) is 0 Å². The highest BCUT2D eigenvalue weighted by Crippen LogP contribution is 2.60. The topological polar surface area (TPSA) is 49.9 Å². The van der Waals surface area contributed by atoms with E-state index in [0.717, 1.165) is 17.7 Å². The predicted molar refractivity (Wildman–Crippen MR) is 107 cm³/mol. The zero-order chi connectivity index (χ0) is 20.2. The number of para-hydroxylation sites is 1. The Labute approximate surface area is 162 Å². The van der Waals surface area contributed by atoms with E-state index in [-0.39, 0.29) is 17.4 Å². The lowest BCUT2D eigenvalue weighted by atomic mass is 9.60. The van der Waals surface area contributed by atoms with Gasteiger partial charge in [0, 0.05) is 24.6 Å². The maximum absolute atomic E-state index is 13.0. The largest absolute Gasteiger partial charge is 0.444 e. The fourth-order valence-corrected chi connectivity index (χ4v) is 4.68. The highest BCUT2D eigenvalue weighted by molar-refractivity contribution is 5.97. The number of ether oxygens (including phenoxy) is 1. The van der Waals surface area contributed by atoms with Gasteiger partial charge in [0.15, 0.2) is 0 Å². The van der Waals surface area contributed by atoms with Crippen molar-refractivity contribution >= 4 is 17.7 Å². The van der Waals surface area contributed by atoms with E-state index in [2.05, 4.69) is 26.5 Å². The summed E-state index contributed by atoms with van der Waals surface area (Å²) in [5.74, 6) is -0.0790. The molecule has 2 aliphatic heterocycles. The van der Waals surface area contributed by atoms with Gasteiger partial charge in [0.25, 0.3) is 0 Å². The van der Waals surface area contributed by atoms with Gasteiger partial charge in [-0.2, -0.15) is 0 Å². The van der Waals surface area contributed by atoms with Gasteiger partial charge in [0.1, 0.15) is 11.8 Å². The summed E-state index contributed by atoms with van der Waals surface area (Å²) in [4.78, 5) is 29.2. The van der Waals surface area contributed by atoms with Crippen LogP contribution < -0.4 is 4.90 Å². The summed E-state index contributed by atoms with van der Waals surface area (Å²) in [5, 5.41) is 0. The molecule has 0 unspecified atom stereocenters. The second kappa shape index (κ2) is 6.11. The Morgan fingerprint density at radius 1 is 1.22 bits per heavy atom. The molecule has 2 amide bonds. The molecule has 5 heteroatoms. The van der Waals surface area contributed by atoms with E-state index in [4.69, 9.17) is 4.74 Å². The number of anilines is 1. The van der Waals surface area contributed by atoms with Crippen molar-refractivity contribution in [1.82, 2.24) is 4.90 Å². The van der Waals surface area contributed by atoms with Gasteiger partial charge >= 0.3 is 6.09 Å². The van der Waals surface area contributed by atoms with Crippen LogP contribution in [0.3, 0.4) is 0 Å². The first-order valence-electron chi connectivity index (χ1n) is 9.49. The molecule has 0 spiro atoms. The summed E-state index contributed by atoms with van der Waals surface area (Å²) in [6.07, 6.45) is 1.89. The maximum atomic E-state index is 13.0. The lowest BCUT2D eigenvalue weighted by molar-refractivity contribution is -0.117. The Hall–Kier alpha value is -2.30. The molecule has 1 saturated heterocycles. The van der Waals surface area contributed by atoms with Crippen LogP contribution in [0.4, 0.5) is 10.5 Å². The van der Waals surface area contributed by atoms with E-state index >= 15 is 0 Å². The molecular formula is C22H30N2O3. The number of benzene rings is 1. The van der Waals surface area contributed by atoms with Crippen LogP contribution >= 0.6 is 0 Å². The molecular weight excluding hydrogens is 340 g/mol. The summed E-state index contributed by atoms with van der Waals surface area (Å²) >= 11 is 0. The number of amides is 2. The monoisotopic (exact) mass is 370 g/mol. The number of likely N-dealkylation sites (tertiary alicyclic amines) is 1. The van der Waals surface area contributed by atoms with Gasteiger partial charge in [0.05, 0.1) is 0 Å². The third kappa shape index (κ3) is 2.75. The molecule has 146 valence electrons. The fraction of sp³-hybridized carbons (Fsp3) is 0.545. The molecule has 0 aliphatic carbocycles. The van der Waals surface area contributed by atoms with Gasteiger partial charge in [-0.05, 0) is 44.2 Å². The van der Waals surface area contributed by atoms with E-state index in [0.29, 0.717) is 6.54 Å². The second-order valence-electron chi connectivity index (χ2n) is 9.10. The van der Waals surface area contributed by atoms with Crippen LogP contribution in [-0.4, -0.2) is 35.2 Å². The zero-order valence-corrected chi connectivity index (χ0v) is 17.2. The van der Waals surface area contributed by atoms with Gasteiger partial charge in [-0.1, -0.05) is 38.1 Å². The summed E-state index contributed by atoms with van der Waals surface area (Å²) in [6.45, 7) is 16.0. The van der Waals surface area contributed by atoms with E-state index in [1.165, 1.54) is 0 Å². The van der Waals surface area contributed by atoms with Crippen LogP contribution in [0, 0.1) is 5.41 Å². The van der Waals surface area contributed by atoms with E-state index in [1.807, 2.05) is 45.0 Å². The van der Waals surface area contributed by atoms with Crippen molar-refractivity contribution in [2.75, 3.05) is 11.4 Å². The van der Waals surface area contributed by atoms with Gasteiger partial charge < -0.3 is 4.74 Å². The van der Waals surface area contributed by atoms with Crippen molar-refractivity contribution in [3.05, 3.63) is 42.5 Å². The first-order valence-corrected chi connectivity index (χ1v) is 9.49. The Morgan fingerprint density at radius 2 is 1.85 bits per heavy atom. The van der Waals surface area contributed by atoms with Crippen LogP contribution in [0.2, 0.25) is 0 Å². The number of hydrogen-bond donors (Lipinski definition) is 0. The summed E-state index contributed by atoms with van der Waals surface area (Å²) in [5.41, 5.74) is 0.630. The first-order chi connectivity index (χ1) is 12.5. The Balaban J connectivity index is 2.19. The van der Waals surface area contributed by atoms with Crippen molar-refractivity contribution in [2.24, 2.45) is 5.41 Å². The molecule has 3 rings (SSSR count). The van der Waals surface area contributed by atoms with Crippen LogP contribution in [0.15, 0.2) is 36.9 Å². The number of fused-ring (bicyclic) bond motifs is 3. The van der Waals surface area contributed by atoms with E-state index < -0.39 is 17.2 Å². The third-order valence-electron chi connectivity index (χ3n) is 6.00. The van der Waals surface area contributed by atoms with Crippen molar-refractivity contribution in [3.8, 4) is 0 Å². The van der Waals surface area contributed by atoms with Crippen LogP contribution in [-0.2, 0) is 14.9 Å². The molecule has 0 bridgehead atoms. The minimum Gasteiger partial charge on any atom is -0.444 e. The second-order valence-corrected chi connectivity index (χ2v) is 9.10. The molecule has 1 fully saturated rings. The highest BCUT2D eigenvalue weighted by Gasteiger charge is 2.65. The van der Waals surface area contributed by atoms with Crippen molar-refractivity contribution in [2.45, 2.75) is 65.1 Å². The van der Waals surface area contributed by atoms with E-state index in [9.17, 15) is 9.59 Å². The molecule has 2 atom stereocenters. The Kier molecular flexibility index (Phi) is 4.41. The van der Waals surface area contributed by atoms with Crippen LogP contribution in [0.25, 0.3) is 0 Å². The number of carbonyl (C=O) groups excluding carboxylic acids is 2. The van der Waals surface area contributed by atoms with Gasteiger partial charge in [-0.25, -0.2) is 4.79 Å². The normalized spacial score (nSPS) is 24.4. The molecule has 0 N–H and O–H groups in total. The molecule has 2 aliphatic rings. The maximum Gasteiger partial charge on any atom is 0.411 e. The van der Waals surface area contributed by atoms with Gasteiger partial charge in [-0.3, -0.25) is 14.6 Å². The quantitative estimate of drug-likeness (QED) is 0.722. The molecule has 1 aromatic rings. The predicted octanol–water partition coefficient (Wildman–Crippen LogP) is 4.47. The number of carbonyl (C=O) groups is 2. The summed E-state index contributed by atoms with van der Waals surface area (Å²) in [6, 6.07) is 7.97. The smallest absolute Gasteiger partial charge is 0.411 e. The van der Waals surface area contributed by atoms with Crippen molar-refractivity contribution in [1.29, 1.82) is 0 Å². The molecule has 5 nitrogen and oxygen atoms in total. The Morgan fingerprint density at radius 3 is 2.41 bits per heavy atom. The summed E-state index contributed by atoms with van der Waals surface area (Å²) in [7, 11) is 0. The molecule has 0 saturated carbocycles. The highest BCUT2D eigenvalue weighted by atomic mass is 16.6. The number of rotatable bonds is 2. The van der Waals surface area contributed by atoms with Crippen LogP contribution in [0.5, 0.6) is 0 Å². The lowest BCUT2D eigenvalue weighted by Crippen LogP contribution is -2.57.